The number of fused-ring (bicyclic) bond motifs is 2. The van der Waals surface area contributed by atoms with E-state index in [9.17, 15) is 13.9 Å². The van der Waals surface area contributed by atoms with E-state index in [0.717, 1.165) is 18.9 Å². The summed E-state index contributed by atoms with van der Waals surface area (Å²) in [4.78, 5) is 0. The molecule has 0 spiro atoms. The molecular formula is C15H18F2O2S. The third kappa shape index (κ3) is 2.42. The Bertz CT molecular complexity index is 509. The number of ether oxygens (including phenoxy) is 1. The molecule has 2 aliphatic heterocycles. The van der Waals surface area contributed by atoms with Crippen LogP contribution in [0, 0.1) is 11.6 Å². The van der Waals surface area contributed by atoms with Crippen LogP contribution in [0.25, 0.3) is 0 Å². The van der Waals surface area contributed by atoms with Gasteiger partial charge in [-0.15, -0.1) is 0 Å². The van der Waals surface area contributed by atoms with E-state index in [1.54, 1.807) is 0 Å². The number of hydrogen-bond donors (Lipinski definition) is 1. The van der Waals surface area contributed by atoms with Crippen molar-refractivity contribution in [2.24, 2.45) is 0 Å². The number of aliphatic hydroxyl groups is 1. The lowest BCUT2D eigenvalue weighted by atomic mass is 9.80. The van der Waals surface area contributed by atoms with Crippen LogP contribution in [-0.4, -0.2) is 22.7 Å². The molecule has 2 saturated heterocycles. The summed E-state index contributed by atoms with van der Waals surface area (Å²) in [6, 6.07) is 2.01. The van der Waals surface area contributed by atoms with Gasteiger partial charge in [0.25, 0.3) is 0 Å². The second-order valence-corrected chi connectivity index (χ2v) is 7.32. The fourth-order valence-corrected chi connectivity index (χ4v) is 5.35. The van der Waals surface area contributed by atoms with Crippen LogP contribution in [-0.2, 0) is 5.60 Å². The van der Waals surface area contributed by atoms with Crippen LogP contribution in [0.4, 0.5) is 8.78 Å². The van der Waals surface area contributed by atoms with Gasteiger partial charge in [-0.1, -0.05) is 6.42 Å². The van der Waals surface area contributed by atoms with Crippen molar-refractivity contribution < 1.29 is 18.6 Å². The minimum absolute atomic E-state index is 0.0288. The van der Waals surface area contributed by atoms with Crippen LogP contribution in [0.1, 0.15) is 37.7 Å². The molecule has 1 N–H and O–H groups in total. The predicted molar refractivity (Wildman–Crippen MR) is 75.1 cm³/mol. The first-order chi connectivity index (χ1) is 9.51. The maximum absolute atomic E-state index is 13.8. The first kappa shape index (κ1) is 14.1. The summed E-state index contributed by atoms with van der Waals surface area (Å²) in [7, 11) is 1.35. The lowest BCUT2D eigenvalue weighted by Crippen LogP contribution is -2.41. The SMILES string of the molecule is COc1c(F)cc(F)cc1C1(O)CC2CCCC(C1)S2. The van der Waals surface area contributed by atoms with Crippen molar-refractivity contribution >= 4 is 11.8 Å². The van der Waals surface area contributed by atoms with E-state index in [4.69, 9.17) is 4.74 Å². The Labute approximate surface area is 121 Å². The van der Waals surface area contributed by atoms with E-state index in [-0.39, 0.29) is 11.3 Å². The minimum Gasteiger partial charge on any atom is -0.493 e. The van der Waals surface area contributed by atoms with Crippen molar-refractivity contribution in [1.82, 2.24) is 0 Å². The first-order valence-corrected chi connectivity index (χ1v) is 7.87. The van der Waals surface area contributed by atoms with Gasteiger partial charge in [0.05, 0.1) is 12.7 Å². The Morgan fingerprint density at radius 2 is 1.90 bits per heavy atom. The maximum Gasteiger partial charge on any atom is 0.168 e. The van der Waals surface area contributed by atoms with E-state index in [1.807, 2.05) is 11.8 Å². The van der Waals surface area contributed by atoms with Crippen molar-refractivity contribution in [3.05, 3.63) is 29.3 Å². The van der Waals surface area contributed by atoms with E-state index in [1.165, 1.54) is 19.6 Å². The van der Waals surface area contributed by atoms with Crippen LogP contribution < -0.4 is 4.74 Å². The average Bonchev–Trinajstić information content (AvgIpc) is 2.37. The van der Waals surface area contributed by atoms with Gasteiger partial charge in [-0.3, -0.25) is 0 Å². The summed E-state index contributed by atoms with van der Waals surface area (Å²) < 4.78 is 32.5. The number of rotatable bonds is 2. The van der Waals surface area contributed by atoms with Crippen molar-refractivity contribution in [2.45, 2.75) is 48.2 Å². The smallest absolute Gasteiger partial charge is 0.168 e. The van der Waals surface area contributed by atoms with E-state index in [2.05, 4.69) is 0 Å². The van der Waals surface area contributed by atoms with Gasteiger partial charge >= 0.3 is 0 Å². The zero-order valence-electron chi connectivity index (χ0n) is 11.4. The molecule has 2 nitrogen and oxygen atoms in total. The molecule has 0 saturated carbocycles. The third-order valence-electron chi connectivity index (χ3n) is 4.28. The van der Waals surface area contributed by atoms with Gasteiger partial charge in [0.1, 0.15) is 5.82 Å². The highest BCUT2D eigenvalue weighted by atomic mass is 32.2. The van der Waals surface area contributed by atoms with Crippen molar-refractivity contribution in [2.75, 3.05) is 7.11 Å². The standard InChI is InChI=1S/C15H18F2O2S/c1-19-14-12(5-9(16)6-13(14)17)15(18)7-10-3-2-4-11(8-15)20-10/h5-6,10-11,18H,2-4,7-8H2,1H3. The van der Waals surface area contributed by atoms with Gasteiger partial charge < -0.3 is 9.84 Å². The maximum atomic E-state index is 13.8. The monoisotopic (exact) mass is 300 g/mol. The molecule has 0 radical (unpaired) electrons. The summed E-state index contributed by atoms with van der Waals surface area (Å²) in [5.41, 5.74) is -0.926. The largest absolute Gasteiger partial charge is 0.493 e. The van der Waals surface area contributed by atoms with Crippen LogP contribution in [0.15, 0.2) is 12.1 Å². The summed E-state index contributed by atoms with van der Waals surface area (Å²) in [6.07, 6.45) is 4.36. The second-order valence-electron chi connectivity index (χ2n) is 5.72. The van der Waals surface area contributed by atoms with Gasteiger partial charge in [0.15, 0.2) is 11.6 Å². The number of benzene rings is 1. The molecule has 1 aromatic rings. The van der Waals surface area contributed by atoms with Gasteiger partial charge in [-0.2, -0.15) is 11.8 Å². The fourth-order valence-electron chi connectivity index (χ4n) is 3.45. The van der Waals surface area contributed by atoms with Crippen molar-refractivity contribution in [3.63, 3.8) is 0 Å². The molecule has 3 rings (SSSR count). The Morgan fingerprint density at radius 3 is 2.50 bits per heavy atom. The predicted octanol–water partition coefficient (Wildman–Crippen LogP) is 3.61. The van der Waals surface area contributed by atoms with Gasteiger partial charge in [-0.25, -0.2) is 8.78 Å². The quantitative estimate of drug-likeness (QED) is 0.905. The molecular weight excluding hydrogens is 282 g/mol. The zero-order valence-corrected chi connectivity index (χ0v) is 12.2. The Balaban J connectivity index is 2.03. The number of halogens is 2. The molecule has 2 bridgehead atoms. The van der Waals surface area contributed by atoms with E-state index < -0.39 is 17.2 Å². The minimum atomic E-state index is -1.19. The highest BCUT2D eigenvalue weighted by Gasteiger charge is 2.44. The van der Waals surface area contributed by atoms with Crippen LogP contribution in [0.2, 0.25) is 0 Å². The number of thioether (sulfide) groups is 1. The van der Waals surface area contributed by atoms with Crippen LogP contribution in [0.5, 0.6) is 5.75 Å². The third-order valence-corrected chi connectivity index (χ3v) is 5.86. The first-order valence-electron chi connectivity index (χ1n) is 6.93. The Morgan fingerprint density at radius 1 is 1.25 bits per heavy atom. The molecule has 2 unspecified atom stereocenters. The molecule has 0 amide bonds. The fraction of sp³-hybridized carbons (Fsp3) is 0.600. The van der Waals surface area contributed by atoms with Gasteiger partial charge in [0, 0.05) is 22.1 Å². The molecule has 0 aliphatic carbocycles. The molecule has 2 aliphatic rings. The average molecular weight is 300 g/mol. The highest BCUT2D eigenvalue weighted by Crippen LogP contribution is 2.51. The molecule has 0 aromatic heterocycles. The summed E-state index contributed by atoms with van der Waals surface area (Å²) in [5.74, 6) is -1.45. The normalized spacial score (nSPS) is 33.0. The molecule has 110 valence electrons. The summed E-state index contributed by atoms with van der Waals surface area (Å²) in [6.45, 7) is 0. The number of hydrogen-bond acceptors (Lipinski definition) is 3. The van der Waals surface area contributed by atoms with Gasteiger partial charge in [-0.05, 0) is 31.7 Å². The molecule has 2 fully saturated rings. The summed E-state index contributed by atoms with van der Waals surface area (Å²) >= 11 is 1.90. The van der Waals surface area contributed by atoms with Crippen LogP contribution in [0.3, 0.4) is 0 Å². The molecule has 2 heterocycles. The Kier molecular flexibility index (Phi) is 3.67. The summed E-state index contributed by atoms with van der Waals surface area (Å²) in [5, 5.41) is 11.7. The molecule has 2 atom stereocenters. The van der Waals surface area contributed by atoms with Gasteiger partial charge in [0.2, 0.25) is 0 Å². The zero-order chi connectivity index (χ0) is 14.3. The van der Waals surface area contributed by atoms with E-state index in [0.29, 0.717) is 23.3 Å². The van der Waals surface area contributed by atoms with Crippen molar-refractivity contribution in [3.8, 4) is 5.75 Å². The lowest BCUT2D eigenvalue weighted by molar-refractivity contribution is 0.00533. The molecule has 5 heteroatoms. The molecule has 20 heavy (non-hydrogen) atoms. The van der Waals surface area contributed by atoms with E-state index >= 15 is 0 Å². The number of methoxy groups -OCH3 is 1. The molecule has 1 aromatic carbocycles. The Hall–Kier alpha value is -0.810. The topological polar surface area (TPSA) is 29.5 Å². The van der Waals surface area contributed by atoms with Crippen LogP contribution >= 0.6 is 11.8 Å². The second kappa shape index (κ2) is 5.19. The lowest BCUT2D eigenvalue weighted by Gasteiger charge is -2.44. The van der Waals surface area contributed by atoms with Crippen molar-refractivity contribution in [1.29, 1.82) is 0 Å². The highest BCUT2D eigenvalue weighted by molar-refractivity contribution is 8.00.